The molecule has 0 saturated carbocycles. The Morgan fingerprint density at radius 3 is 2.62 bits per heavy atom. The van der Waals surface area contributed by atoms with E-state index in [1.165, 1.54) is 24.3 Å². The van der Waals surface area contributed by atoms with Crippen LogP contribution in [0.2, 0.25) is 5.02 Å². The minimum atomic E-state index is -0.557. The summed E-state index contributed by atoms with van der Waals surface area (Å²) in [4.78, 5) is 15.9. The lowest BCUT2D eigenvalue weighted by molar-refractivity contribution is -0.126. The number of phenolic OH excluding ortho intramolecular Hbond substituents is 1. The van der Waals surface area contributed by atoms with E-state index in [1.807, 2.05) is 18.2 Å². The zero-order valence-corrected chi connectivity index (χ0v) is 21.4. The number of hydrogen-bond donors (Lipinski definition) is 1. The summed E-state index contributed by atoms with van der Waals surface area (Å²) in [5.41, 5.74) is 0.854. The maximum absolute atomic E-state index is 14.9. The molecule has 0 spiro atoms. The Balaban J connectivity index is 1.70. The molecule has 2 aliphatic rings. The Morgan fingerprint density at radius 1 is 1.19 bits per heavy atom. The number of carbonyl (C=O) groups excluding carboxylic acids is 1. The Labute approximate surface area is 220 Å². The van der Waals surface area contributed by atoms with E-state index in [9.17, 15) is 14.3 Å². The zero-order chi connectivity index (χ0) is 26.2. The van der Waals surface area contributed by atoms with Gasteiger partial charge in [-0.25, -0.2) is 4.39 Å². The third-order valence-electron chi connectivity index (χ3n) is 7.42. The van der Waals surface area contributed by atoms with Crippen molar-refractivity contribution in [1.29, 1.82) is 0 Å². The summed E-state index contributed by atoms with van der Waals surface area (Å²) in [7, 11) is 0. The third-order valence-corrected chi connectivity index (χ3v) is 7.73. The van der Waals surface area contributed by atoms with Crippen LogP contribution in [0.4, 0.5) is 10.2 Å². The number of anilines is 1. The Morgan fingerprint density at radius 2 is 1.97 bits per heavy atom. The number of rotatable bonds is 5. The van der Waals surface area contributed by atoms with Crippen molar-refractivity contribution in [2.24, 2.45) is 0 Å². The number of aromatic hydroxyl groups is 1. The lowest BCUT2D eigenvalue weighted by atomic mass is 9.74. The molecule has 1 atom stereocenters. The number of amides is 1. The summed E-state index contributed by atoms with van der Waals surface area (Å²) in [6, 6.07) is 7.82. The molecular formula is C29H28ClFN4O2. The number of allylic oxidation sites excluding steroid dienone is 4. The first-order chi connectivity index (χ1) is 17.9. The minimum Gasteiger partial charge on any atom is -0.507 e. The summed E-state index contributed by atoms with van der Waals surface area (Å²) < 4.78 is 14.9. The van der Waals surface area contributed by atoms with Crippen molar-refractivity contribution in [3.05, 3.63) is 83.8 Å². The molecule has 1 saturated heterocycles. The standard InChI is InChI=1S/C29H28ClFN4O2/c1-3-25(37)34-13-15-35(16-14-34)28-20-18-22(30)21(26-23(31)9-8-10-24(26)36)17-19(20)27(32-33-28)29(4-2)11-6-5-7-12-29/h3,5-11,17-18,36H,1,4,12-16H2,2H3/t29-/m0/s1. The molecule has 1 aliphatic carbocycles. The molecule has 1 N–H and O–H groups in total. The number of hydrogen-bond acceptors (Lipinski definition) is 5. The van der Waals surface area contributed by atoms with Gasteiger partial charge < -0.3 is 14.9 Å². The van der Waals surface area contributed by atoms with E-state index in [0.717, 1.165) is 29.3 Å². The van der Waals surface area contributed by atoms with Crippen molar-refractivity contribution in [3.8, 4) is 16.9 Å². The highest BCUT2D eigenvalue weighted by Gasteiger charge is 2.33. The molecule has 1 fully saturated rings. The highest BCUT2D eigenvalue weighted by Crippen LogP contribution is 2.44. The number of aromatic nitrogens is 2. The second kappa shape index (κ2) is 9.98. The van der Waals surface area contributed by atoms with Gasteiger partial charge in [0.25, 0.3) is 0 Å². The van der Waals surface area contributed by atoms with Gasteiger partial charge in [-0.05, 0) is 43.2 Å². The van der Waals surface area contributed by atoms with E-state index in [2.05, 4.69) is 35.7 Å². The van der Waals surface area contributed by atoms with Crippen molar-refractivity contribution in [1.82, 2.24) is 15.1 Å². The Kier molecular flexibility index (Phi) is 6.73. The molecule has 1 aliphatic heterocycles. The van der Waals surface area contributed by atoms with Crippen molar-refractivity contribution in [3.63, 3.8) is 0 Å². The summed E-state index contributed by atoms with van der Waals surface area (Å²) in [6.45, 7) is 7.93. The maximum atomic E-state index is 14.9. The normalized spacial score (nSPS) is 19.4. The number of piperazine rings is 1. The lowest BCUT2D eigenvalue weighted by Crippen LogP contribution is -2.48. The van der Waals surface area contributed by atoms with Gasteiger partial charge in [0, 0.05) is 53.0 Å². The van der Waals surface area contributed by atoms with Crippen LogP contribution in [-0.4, -0.2) is 52.3 Å². The van der Waals surface area contributed by atoms with E-state index in [-0.39, 0.29) is 22.6 Å². The highest BCUT2D eigenvalue weighted by atomic mass is 35.5. The van der Waals surface area contributed by atoms with E-state index in [0.29, 0.717) is 42.6 Å². The number of fused-ring (bicyclic) bond motifs is 1. The summed E-state index contributed by atoms with van der Waals surface area (Å²) in [5.74, 6) is -0.167. The molecule has 37 heavy (non-hydrogen) atoms. The summed E-state index contributed by atoms with van der Waals surface area (Å²) >= 11 is 6.75. The number of benzene rings is 2. The van der Waals surface area contributed by atoms with Crippen LogP contribution in [0.25, 0.3) is 21.9 Å². The van der Waals surface area contributed by atoms with E-state index < -0.39 is 5.82 Å². The predicted molar refractivity (Wildman–Crippen MR) is 145 cm³/mol. The Bertz CT molecular complexity index is 1430. The molecule has 3 aromatic rings. The number of carbonyl (C=O) groups is 1. The monoisotopic (exact) mass is 518 g/mol. The minimum absolute atomic E-state index is 0.0555. The van der Waals surface area contributed by atoms with Crippen LogP contribution >= 0.6 is 11.6 Å². The second-order valence-electron chi connectivity index (χ2n) is 9.40. The van der Waals surface area contributed by atoms with Gasteiger partial charge in [0.05, 0.1) is 11.3 Å². The SMILES string of the molecule is C=CC(=O)N1CCN(c2nnc([C@@]3(CC)C=CC=CC3)c3cc(-c4c(O)cccc4F)c(Cl)cc23)CC1. The average Bonchev–Trinajstić information content (AvgIpc) is 2.92. The molecule has 1 amide bonds. The van der Waals surface area contributed by atoms with Crippen LogP contribution in [0.5, 0.6) is 5.75 Å². The molecule has 5 rings (SSSR count). The first-order valence-electron chi connectivity index (χ1n) is 12.4. The molecule has 0 bridgehead atoms. The fourth-order valence-electron chi connectivity index (χ4n) is 5.27. The van der Waals surface area contributed by atoms with Crippen molar-refractivity contribution in [2.75, 3.05) is 31.1 Å². The highest BCUT2D eigenvalue weighted by molar-refractivity contribution is 6.34. The molecular weight excluding hydrogens is 491 g/mol. The third kappa shape index (κ3) is 4.37. The van der Waals surface area contributed by atoms with Gasteiger partial charge >= 0.3 is 0 Å². The summed E-state index contributed by atoms with van der Waals surface area (Å²) in [5, 5.41) is 21.9. The fraction of sp³-hybridized carbons (Fsp3) is 0.276. The molecule has 0 radical (unpaired) electrons. The van der Waals surface area contributed by atoms with Gasteiger partial charge in [-0.2, -0.15) is 5.10 Å². The van der Waals surface area contributed by atoms with Gasteiger partial charge in [0.1, 0.15) is 11.6 Å². The van der Waals surface area contributed by atoms with Gasteiger partial charge in [0.15, 0.2) is 5.82 Å². The maximum Gasteiger partial charge on any atom is 0.246 e. The zero-order valence-electron chi connectivity index (χ0n) is 20.6. The van der Waals surface area contributed by atoms with Gasteiger partial charge in [-0.1, -0.05) is 55.5 Å². The largest absolute Gasteiger partial charge is 0.507 e. The van der Waals surface area contributed by atoms with E-state index >= 15 is 0 Å². The number of phenols is 1. The molecule has 190 valence electrons. The topological polar surface area (TPSA) is 69.6 Å². The first-order valence-corrected chi connectivity index (χ1v) is 12.7. The van der Waals surface area contributed by atoms with E-state index in [1.54, 1.807) is 11.0 Å². The van der Waals surface area contributed by atoms with Crippen molar-refractivity contribution < 1.29 is 14.3 Å². The molecule has 1 aromatic heterocycles. The van der Waals surface area contributed by atoms with Crippen molar-refractivity contribution >= 4 is 34.1 Å². The molecule has 8 heteroatoms. The van der Waals surface area contributed by atoms with Crippen LogP contribution < -0.4 is 4.90 Å². The summed E-state index contributed by atoms with van der Waals surface area (Å²) in [6.07, 6.45) is 11.2. The fourth-order valence-corrected chi connectivity index (χ4v) is 5.53. The van der Waals surface area contributed by atoms with E-state index in [4.69, 9.17) is 16.7 Å². The lowest BCUT2D eigenvalue weighted by Gasteiger charge is -2.36. The van der Waals surface area contributed by atoms with Crippen LogP contribution in [0, 0.1) is 5.82 Å². The predicted octanol–water partition coefficient (Wildman–Crippen LogP) is 5.79. The molecule has 2 heterocycles. The van der Waals surface area contributed by atoms with Crippen molar-refractivity contribution in [2.45, 2.75) is 25.2 Å². The van der Waals surface area contributed by atoms with Crippen LogP contribution in [0.15, 0.2) is 67.3 Å². The first kappa shape index (κ1) is 25.0. The van der Waals surface area contributed by atoms with Gasteiger partial charge in [0.2, 0.25) is 5.91 Å². The average molecular weight is 519 g/mol. The van der Waals surface area contributed by atoms with Crippen LogP contribution in [-0.2, 0) is 10.2 Å². The number of halogens is 2. The van der Waals surface area contributed by atoms with Crippen LogP contribution in [0.1, 0.15) is 25.5 Å². The van der Waals surface area contributed by atoms with Gasteiger partial charge in [-0.3, -0.25) is 4.79 Å². The Hall–Kier alpha value is -3.71. The smallest absolute Gasteiger partial charge is 0.246 e. The second-order valence-corrected chi connectivity index (χ2v) is 9.81. The molecule has 0 unspecified atom stereocenters. The quantitative estimate of drug-likeness (QED) is 0.433. The van der Waals surface area contributed by atoms with Crippen LogP contribution in [0.3, 0.4) is 0 Å². The molecule has 6 nitrogen and oxygen atoms in total. The molecule has 2 aromatic carbocycles. The number of nitrogens with zero attached hydrogens (tertiary/aromatic N) is 4. The van der Waals surface area contributed by atoms with Gasteiger partial charge in [-0.15, -0.1) is 5.10 Å².